The Kier molecular flexibility index (Phi) is 3.64. The van der Waals surface area contributed by atoms with Gasteiger partial charge in [0.25, 0.3) is 0 Å². The molecule has 2 rings (SSSR count). The maximum Gasteiger partial charge on any atom is 0.0931 e. The fourth-order valence-corrected chi connectivity index (χ4v) is 2.27. The Bertz CT molecular complexity index is 364. The number of hydrogen-bond donors (Lipinski definition) is 1. The van der Waals surface area contributed by atoms with Gasteiger partial charge in [-0.25, -0.2) is 0 Å². The number of anilines is 1. The van der Waals surface area contributed by atoms with Crippen LogP contribution in [0, 0.1) is 0 Å². The first-order chi connectivity index (χ1) is 8.09. The van der Waals surface area contributed by atoms with Gasteiger partial charge in [-0.2, -0.15) is 0 Å². The summed E-state index contributed by atoms with van der Waals surface area (Å²) < 4.78 is 5.57. The lowest BCUT2D eigenvalue weighted by molar-refractivity contribution is 0.118. The SMILES string of the molecule is CC1OCCC1N(C)c1ccc([C@@H](C)O)nc1. The van der Waals surface area contributed by atoms with Gasteiger partial charge < -0.3 is 14.7 Å². The minimum Gasteiger partial charge on any atom is -0.387 e. The van der Waals surface area contributed by atoms with Gasteiger partial charge >= 0.3 is 0 Å². The predicted octanol–water partition coefficient (Wildman–Crippen LogP) is 1.75. The minimum atomic E-state index is -0.511. The van der Waals surface area contributed by atoms with Crippen LogP contribution in [0.5, 0.6) is 0 Å². The molecule has 2 unspecified atom stereocenters. The van der Waals surface area contributed by atoms with Gasteiger partial charge in [0.2, 0.25) is 0 Å². The molecule has 3 atom stereocenters. The molecule has 0 radical (unpaired) electrons. The molecule has 0 aromatic carbocycles. The quantitative estimate of drug-likeness (QED) is 0.868. The molecule has 0 bridgehead atoms. The Morgan fingerprint density at radius 1 is 1.53 bits per heavy atom. The Labute approximate surface area is 102 Å². The molecule has 1 aliphatic rings. The Morgan fingerprint density at radius 2 is 2.29 bits per heavy atom. The molecule has 4 nitrogen and oxygen atoms in total. The average molecular weight is 236 g/mol. The van der Waals surface area contributed by atoms with E-state index in [1.54, 1.807) is 6.92 Å². The second-order valence-electron chi connectivity index (χ2n) is 4.66. The monoisotopic (exact) mass is 236 g/mol. The summed E-state index contributed by atoms with van der Waals surface area (Å²) in [5.74, 6) is 0. The van der Waals surface area contributed by atoms with Gasteiger partial charge in [-0.3, -0.25) is 4.98 Å². The van der Waals surface area contributed by atoms with E-state index in [0.717, 1.165) is 18.7 Å². The largest absolute Gasteiger partial charge is 0.387 e. The summed E-state index contributed by atoms with van der Waals surface area (Å²) in [6, 6.07) is 4.28. The van der Waals surface area contributed by atoms with Crippen LogP contribution >= 0.6 is 0 Å². The van der Waals surface area contributed by atoms with Crippen LogP contribution < -0.4 is 4.90 Å². The zero-order chi connectivity index (χ0) is 12.4. The van der Waals surface area contributed by atoms with Crippen molar-refractivity contribution in [3.63, 3.8) is 0 Å². The van der Waals surface area contributed by atoms with E-state index in [4.69, 9.17) is 4.74 Å². The van der Waals surface area contributed by atoms with Crippen LogP contribution in [-0.2, 0) is 4.74 Å². The van der Waals surface area contributed by atoms with E-state index >= 15 is 0 Å². The maximum absolute atomic E-state index is 9.41. The van der Waals surface area contributed by atoms with Crippen LogP contribution in [0.1, 0.15) is 32.1 Å². The molecule has 1 aromatic heterocycles. The third-order valence-electron chi connectivity index (χ3n) is 3.44. The zero-order valence-electron chi connectivity index (χ0n) is 10.6. The Balaban J connectivity index is 2.11. The van der Waals surface area contributed by atoms with E-state index in [2.05, 4.69) is 23.9 Å². The Morgan fingerprint density at radius 3 is 2.76 bits per heavy atom. The van der Waals surface area contributed by atoms with Gasteiger partial charge in [0.1, 0.15) is 0 Å². The Hall–Kier alpha value is -1.13. The van der Waals surface area contributed by atoms with Crippen LogP contribution in [0.3, 0.4) is 0 Å². The number of nitrogens with zero attached hydrogens (tertiary/aromatic N) is 2. The number of pyridine rings is 1. The number of ether oxygens (including phenoxy) is 1. The first-order valence-corrected chi connectivity index (χ1v) is 6.08. The highest BCUT2D eigenvalue weighted by atomic mass is 16.5. The zero-order valence-corrected chi connectivity index (χ0v) is 10.6. The number of aliphatic hydroxyl groups is 1. The molecule has 0 amide bonds. The topological polar surface area (TPSA) is 45.6 Å². The van der Waals surface area contributed by atoms with Crippen molar-refractivity contribution in [3.8, 4) is 0 Å². The van der Waals surface area contributed by atoms with Crippen molar-refractivity contribution >= 4 is 5.69 Å². The lowest BCUT2D eigenvalue weighted by Gasteiger charge is -2.28. The van der Waals surface area contributed by atoms with E-state index in [9.17, 15) is 5.11 Å². The highest BCUT2D eigenvalue weighted by Crippen LogP contribution is 2.24. The summed E-state index contributed by atoms with van der Waals surface area (Å²) in [7, 11) is 2.06. The lowest BCUT2D eigenvalue weighted by atomic mass is 10.1. The van der Waals surface area contributed by atoms with Gasteiger partial charge in [0.05, 0.1) is 35.8 Å². The summed E-state index contributed by atoms with van der Waals surface area (Å²) in [6.45, 7) is 4.65. The van der Waals surface area contributed by atoms with E-state index in [-0.39, 0.29) is 6.10 Å². The molecule has 2 heterocycles. The highest BCUT2D eigenvalue weighted by Gasteiger charge is 2.28. The average Bonchev–Trinajstić information content (AvgIpc) is 2.74. The van der Waals surface area contributed by atoms with Crippen molar-refractivity contribution in [2.24, 2.45) is 0 Å². The highest BCUT2D eigenvalue weighted by molar-refractivity contribution is 5.45. The van der Waals surface area contributed by atoms with Gasteiger partial charge in [-0.05, 0) is 32.4 Å². The molecule has 17 heavy (non-hydrogen) atoms. The van der Waals surface area contributed by atoms with Crippen molar-refractivity contribution in [3.05, 3.63) is 24.0 Å². The van der Waals surface area contributed by atoms with E-state index in [1.165, 1.54) is 0 Å². The van der Waals surface area contributed by atoms with Gasteiger partial charge in [-0.1, -0.05) is 0 Å². The van der Waals surface area contributed by atoms with Crippen molar-refractivity contribution in [2.75, 3.05) is 18.6 Å². The minimum absolute atomic E-state index is 0.261. The smallest absolute Gasteiger partial charge is 0.0931 e. The van der Waals surface area contributed by atoms with Gasteiger partial charge in [0, 0.05) is 13.7 Å². The molecule has 0 aliphatic carbocycles. The molecule has 94 valence electrons. The standard InChI is InChI=1S/C13H20N2O2/c1-9(16)12-5-4-11(8-14-12)15(3)13-6-7-17-10(13)2/h4-5,8-10,13,16H,6-7H2,1-3H3/t9-,10?,13?/m1/s1. The molecule has 4 heteroatoms. The second-order valence-corrected chi connectivity index (χ2v) is 4.66. The van der Waals surface area contributed by atoms with Crippen molar-refractivity contribution < 1.29 is 9.84 Å². The molecule has 1 saturated heterocycles. The van der Waals surface area contributed by atoms with Crippen molar-refractivity contribution in [2.45, 2.75) is 38.5 Å². The normalized spacial score (nSPS) is 25.9. The van der Waals surface area contributed by atoms with E-state index < -0.39 is 6.10 Å². The summed E-state index contributed by atoms with van der Waals surface area (Å²) in [6.07, 6.45) is 2.61. The van der Waals surface area contributed by atoms with Crippen LogP contribution in [0.15, 0.2) is 18.3 Å². The third-order valence-corrected chi connectivity index (χ3v) is 3.44. The molecule has 1 fully saturated rings. The van der Waals surface area contributed by atoms with Crippen molar-refractivity contribution in [1.29, 1.82) is 0 Å². The number of aromatic nitrogens is 1. The number of rotatable bonds is 3. The molecule has 1 aliphatic heterocycles. The lowest BCUT2D eigenvalue weighted by Crippen LogP contribution is -2.36. The van der Waals surface area contributed by atoms with Crippen LogP contribution in [0.25, 0.3) is 0 Å². The summed E-state index contributed by atoms with van der Waals surface area (Å²) in [5, 5.41) is 9.41. The molecular formula is C13H20N2O2. The van der Waals surface area contributed by atoms with Gasteiger partial charge in [0.15, 0.2) is 0 Å². The summed E-state index contributed by atoms with van der Waals surface area (Å²) in [5.41, 5.74) is 1.77. The predicted molar refractivity (Wildman–Crippen MR) is 67.1 cm³/mol. The van der Waals surface area contributed by atoms with E-state index in [1.807, 2.05) is 18.3 Å². The summed E-state index contributed by atoms with van der Waals surface area (Å²) in [4.78, 5) is 6.47. The fraction of sp³-hybridized carbons (Fsp3) is 0.615. The van der Waals surface area contributed by atoms with Crippen molar-refractivity contribution in [1.82, 2.24) is 4.98 Å². The molecule has 0 spiro atoms. The second kappa shape index (κ2) is 5.02. The number of hydrogen-bond acceptors (Lipinski definition) is 4. The first-order valence-electron chi connectivity index (χ1n) is 6.08. The summed E-state index contributed by atoms with van der Waals surface area (Å²) >= 11 is 0. The molecule has 1 aromatic rings. The fourth-order valence-electron chi connectivity index (χ4n) is 2.27. The number of aliphatic hydroxyl groups excluding tert-OH is 1. The number of likely N-dealkylation sites (N-methyl/N-ethyl adjacent to an activating group) is 1. The van der Waals surface area contributed by atoms with Gasteiger partial charge in [-0.15, -0.1) is 0 Å². The maximum atomic E-state index is 9.41. The molecule has 0 saturated carbocycles. The molecule has 1 N–H and O–H groups in total. The van der Waals surface area contributed by atoms with E-state index in [0.29, 0.717) is 11.7 Å². The first kappa shape index (κ1) is 12.3. The van der Waals surface area contributed by atoms with Crippen LogP contribution in [0.4, 0.5) is 5.69 Å². The molecular weight excluding hydrogens is 216 g/mol. The van der Waals surface area contributed by atoms with Crippen LogP contribution in [-0.4, -0.2) is 35.9 Å². The third kappa shape index (κ3) is 2.58. The van der Waals surface area contributed by atoms with Crippen LogP contribution in [0.2, 0.25) is 0 Å².